The number of fused-ring (bicyclic) bond motifs is 3. The number of benzene rings is 3. The Bertz CT molecular complexity index is 2010. The van der Waals surface area contributed by atoms with Gasteiger partial charge in [0.2, 0.25) is 5.91 Å². The smallest absolute Gasteiger partial charge is 0.407 e. The van der Waals surface area contributed by atoms with Crippen LogP contribution in [0.25, 0.3) is 11.1 Å². The summed E-state index contributed by atoms with van der Waals surface area (Å²) < 4.78 is 44.7. The summed E-state index contributed by atoms with van der Waals surface area (Å²) in [5.41, 5.74) is 4.73. The lowest BCUT2D eigenvalue weighted by molar-refractivity contribution is -0.308. The molecule has 2 N–H and O–H groups in total. The monoisotopic (exact) mass is 846 g/mol. The zero-order valence-electron chi connectivity index (χ0n) is 34.7. The SMILES string of the molecule is CC(=O)OC[C@H]1O[C@@H](OC[C@H](NC(=O)[C@@H](NC(=O)OCC2c3ccccc3-c3ccccc32)C(C)C)C(=O)OCc2ccccc2)[C@H](OC(C)=O)[C@@H](OC(C)=O)[C@H]1OC(C)=O. The van der Waals surface area contributed by atoms with Gasteiger partial charge in [-0.3, -0.25) is 24.0 Å². The van der Waals surface area contributed by atoms with Gasteiger partial charge >= 0.3 is 35.9 Å². The largest absolute Gasteiger partial charge is 0.463 e. The second-order valence-corrected chi connectivity index (χ2v) is 14.7. The van der Waals surface area contributed by atoms with E-state index in [1.54, 1.807) is 44.2 Å². The Hall–Kier alpha value is -6.33. The van der Waals surface area contributed by atoms with Gasteiger partial charge in [0.05, 0.1) is 6.61 Å². The molecule has 0 saturated carbocycles. The predicted octanol–water partition coefficient (Wildman–Crippen LogP) is 3.88. The summed E-state index contributed by atoms with van der Waals surface area (Å²) in [5, 5.41) is 5.21. The number of rotatable bonds is 17. The molecular formula is C44H50N2O15. The number of esters is 5. The fraction of sp³-hybridized carbons (Fsp3) is 0.432. The van der Waals surface area contributed by atoms with Gasteiger partial charge in [0, 0.05) is 33.6 Å². The first-order valence-electron chi connectivity index (χ1n) is 19.7. The second-order valence-electron chi connectivity index (χ2n) is 14.7. The van der Waals surface area contributed by atoms with E-state index in [2.05, 4.69) is 10.6 Å². The van der Waals surface area contributed by atoms with Crippen LogP contribution >= 0.6 is 0 Å². The summed E-state index contributed by atoms with van der Waals surface area (Å²) in [6, 6.07) is 21.6. The molecule has 1 aliphatic carbocycles. The minimum atomic E-state index is -1.67. The van der Waals surface area contributed by atoms with E-state index in [4.69, 9.17) is 37.9 Å². The summed E-state index contributed by atoms with van der Waals surface area (Å²) in [5.74, 6) is -5.76. The fourth-order valence-electron chi connectivity index (χ4n) is 7.08. The molecule has 0 spiro atoms. The molecule has 1 saturated heterocycles. The fourth-order valence-corrected chi connectivity index (χ4v) is 7.08. The number of hydrogen-bond acceptors (Lipinski definition) is 15. The molecule has 17 nitrogen and oxygen atoms in total. The molecule has 3 aromatic rings. The maximum Gasteiger partial charge on any atom is 0.407 e. The van der Waals surface area contributed by atoms with Crippen molar-refractivity contribution >= 4 is 41.8 Å². The quantitative estimate of drug-likeness (QED) is 0.146. The zero-order valence-corrected chi connectivity index (χ0v) is 34.7. The molecular weight excluding hydrogens is 796 g/mol. The van der Waals surface area contributed by atoms with Crippen LogP contribution in [0.5, 0.6) is 0 Å². The van der Waals surface area contributed by atoms with Crippen LogP contribution in [-0.2, 0) is 73.3 Å². The third-order valence-corrected chi connectivity index (χ3v) is 9.77. The average Bonchev–Trinajstić information content (AvgIpc) is 3.53. The standard InChI is InChI=1S/C44H50N2O15/c1-24(2)37(46-44(53)57-21-34-32-18-12-10-16-30(32)31-17-11-13-19-33(31)34)41(51)45-35(42(52)55-20-29-14-8-7-9-15-29)22-56-43-40(60-28(6)50)39(59-27(5)49)38(58-26(4)48)36(61-43)23-54-25(3)47/h7-19,24,34-40,43H,20-23H2,1-6H3,(H,45,51)(H,46,53)/t35-,36+,37-,38-,39-,40+,43+/m0/s1. The molecule has 1 heterocycles. The van der Waals surface area contributed by atoms with Gasteiger partial charge in [-0.1, -0.05) is 92.7 Å². The molecule has 1 aliphatic heterocycles. The summed E-state index contributed by atoms with van der Waals surface area (Å²) in [4.78, 5) is 89.6. The van der Waals surface area contributed by atoms with Crippen molar-refractivity contribution in [2.45, 2.75) is 96.9 Å². The van der Waals surface area contributed by atoms with Gasteiger partial charge in [0.15, 0.2) is 30.6 Å². The number of ether oxygens (including phenoxy) is 8. The Kier molecular flexibility index (Phi) is 16.0. The third-order valence-electron chi connectivity index (χ3n) is 9.77. The number of carbonyl (C=O) groups excluding carboxylic acids is 7. The van der Waals surface area contributed by atoms with E-state index in [9.17, 15) is 33.6 Å². The van der Waals surface area contributed by atoms with Crippen molar-refractivity contribution in [3.05, 3.63) is 95.6 Å². The molecule has 17 heteroatoms. The first-order valence-corrected chi connectivity index (χ1v) is 19.7. The minimum absolute atomic E-state index is 0.00936. The number of carbonyl (C=O) groups is 7. The van der Waals surface area contributed by atoms with Gasteiger partial charge in [-0.15, -0.1) is 0 Å². The maximum absolute atomic E-state index is 14.0. The topological polar surface area (TPSA) is 217 Å². The number of alkyl carbamates (subject to hydrolysis) is 1. The molecule has 7 atom stereocenters. The van der Waals surface area contributed by atoms with Gasteiger partial charge < -0.3 is 48.5 Å². The molecule has 5 rings (SSSR count). The number of hydrogen-bond donors (Lipinski definition) is 2. The van der Waals surface area contributed by atoms with Crippen molar-refractivity contribution in [2.24, 2.45) is 5.92 Å². The van der Waals surface area contributed by atoms with Crippen LogP contribution in [0.3, 0.4) is 0 Å². The highest BCUT2D eigenvalue weighted by molar-refractivity contribution is 5.90. The minimum Gasteiger partial charge on any atom is -0.463 e. The van der Waals surface area contributed by atoms with Crippen LogP contribution in [-0.4, -0.2) is 104 Å². The van der Waals surface area contributed by atoms with Crippen molar-refractivity contribution in [1.82, 2.24) is 10.6 Å². The van der Waals surface area contributed by atoms with Gasteiger partial charge in [0.25, 0.3) is 0 Å². The van der Waals surface area contributed by atoms with E-state index in [0.717, 1.165) is 49.9 Å². The molecule has 326 valence electrons. The second kappa shape index (κ2) is 21.3. The molecule has 0 bridgehead atoms. The van der Waals surface area contributed by atoms with Crippen LogP contribution in [0.15, 0.2) is 78.9 Å². The maximum atomic E-state index is 14.0. The van der Waals surface area contributed by atoms with E-state index in [1.165, 1.54) is 0 Å². The highest BCUT2D eigenvalue weighted by Gasteiger charge is 2.53. The van der Waals surface area contributed by atoms with Crippen LogP contribution in [0.1, 0.15) is 64.2 Å². The predicted molar refractivity (Wildman–Crippen MR) is 213 cm³/mol. The molecule has 2 aliphatic rings. The van der Waals surface area contributed by atoms with Crippen LogP contribution in [0.2, 0.25) is 0 Å². The van der Waals surface area contributed by atoms with E-state index in [1.807, 2.05) is 48.5 Å². The zero-order chi connectivity index (χ0) is 44.2. The van der Waals surface area contributed by atoms with E-state index in [0.29, 0.717) is 5.56 Å². The lowest BCUT2D eigenvalue weighted by Crippen LogP contribution is -2.63. The Morgan fingerprint density at radius 3 is 1.75 bits per heavy atom. The lowest BCUT2D eigenvalue weighted by Gasteiger charge is -2.44. The van der Waals surface area contributed by atoms with Crippen LogP contribution in [0.4, 0.5) is 4.79 Å². The van der Waals surface area contributed by atoms with Gasteiger partial charge in [-0.2, -0.15) is 0 Å². The summed E-state index contributed by atoms with van der Waals surface area (Å²) in [7, 11) is 0. The third kappa shape index (κ3) is 12.4. The molecule has 0 aromatic heterocycles. The van der Waals surface area contributed by atoms with Crippen molar-refractivity contribution < 1.29 is 71.5 Å². The Morgan fingerprint density at radius 1 is 0.623 bits per heavy atom. The van der Waals surface area contributed by atoms with E-state index in [-0.39, 0.29) is 19.1 Å². The van der Waals surface area contributed by atoms with Gasteiger partial charge in [-0.25, -0.2) is 9.59 Å². The highest BCUT2D eigenvalue weighted by Crippen LogP contribution is 2.44. The first kappa shape index (κ1) is 45.7. The summed E-state index contributed by atoms with van der Waals surface area (Å²) in [6.07, 6.45) is -8.47. The molecule has 61 heavy (non-hydrogen) atoms. The Morgan fingerprint density at radius 2 is 1.18 bits per heavy atom. The highest BCUT2D eigenvalue weighted by atomic mass is 16.7. The van der Waals surface area contributed by atoms with Crippen LogP contribution in [0, 0.1) is 5.92 Å². The average molecular weight is 847 g/mol. The lowest BCUT2D eigenvalue weighted by atomic mass is 9.98. The molecule has 2 amide bonds. The molecule has 0 radical (unpaired) electrons. The van der Waals surface area contributed by atoms with Gasteiger partial charge in [-0.05, 0) is 33.7 Å². The summed E-state index contributed by atoms with van der Waals surface area (Å²) in [6.45, 7) is 6.31. The number of amides is 2. The van der Waals surface area contributed by atoms with E-state index < -0.39 is 104 Å². The first-order chi connectivity index (χ1) is 29.1. The van der Waals surface area contributed by atoms with Gasteiger partial charge in [0.1, 0.15) is 32.0 Å². The summed E-state index contributed by atoms with van der Waals surface area (Å²) >= 11 is 0. The van der Waals surface area contributed by atoms with Crippen molar-refractivity contribution in [3.8, 4) is 11.1 Å². The molecule has 1 fully saturated rings. The Labute approximate surface area is 352 Å². The van der Waals surface area contributed by atoms with Crippen molar-refractivity contribution in [1.29, 1.82) is 0 Å². The normalized spacial score (nSPS) is 20.1. The molecule has 0 unspecified atom stereocenters. The van der Waals surface area contributed by atoms with Crippen molar-refractivity contribution in [2.75, 3.05) is 19.8 Å². The Balaban J connectivity index is 1.35. The number of nitrogens with one attached hydrogen (secondary N) is 2. The molecule has 3 aromatic carbocycles. The van der Waals surface area contributed by atoms with Crippen LogP contribution < -0.4 is 10.6 Å². The van der Waals surface area contributed by atoms with E-state index >= 15 is 0 Å². The van der Waals surface area contributed by atoms with Crippen molar-refractivity contribution in [3.63, 3.8) is 0 Å².